The number of methoxy groups -OCH3 is 1. The van der Waals surface area contributed by atoms with E-state index < -0.39 is 5.60 Å². The van der Waals surface area contributed by atoms with E-state index in [0.29, 0.717) is 11.1 Å². The van der Waals surface area contributed by atoms with Crippen molar-refractivity contribution in [2.45, 2.75) is 72.4 Å². The fourth-order valence-electron chi connectivity index (χ4n) is 3.98. The third-order valence-electron chi connectivity index (χ3n) is 6.40. The smallest absolute Gasteiger partial charge is 0.251 e. The summed E-state index contributed by atoms with van der Waals surface area (Å²) < 4.78 is 6.66. The van der Waals surface area contributed by atoms with Crippen LogP contribution in [0.1, 0.15) is 84.4 Å². The molecule has 2 aromatic carbocycles. The Balaban J connectivity index is 2.62. The lowest BCUT2D eigenvalue weighted by Gasteiger charge is -2.28. The van der Waals surface area contributed by atoms with Gasteiger partial charge in [-0.25, -0.2) is 0 Å². The highest BCUT2D eigenvalue weighted by atomic mass is 79.9. The maximum absolute atomic E-state index is 13.0. The highest BCUT2D eigenvalue weighted by Gasteiger charge is 2.28. The van der Waals surface area contributed by atoms with Crippen LogP contribution in [0.4, 0.5) is 0 Å². The molecule has 6 heteroatoms. The van der Waals surface area contributed by atoms with Gasteiger partial charge in [-0.3, -0.25) is 9.59 Å². The molecule has 2 amide bonds. The molecule has 2 N–H and O–H groups in total. The van der Waals surface area contributed by atoms with E-state index in [4.69, 9.17) is 4.74 Å². The lowest BCUT2D eigenvalue weighted by Crippen LogP contribution is -2.33. The molecule has 1 unspecified atom stereocenters. The summed E-state index contributed by atoms with van der Waals surface area (Å²) in [5.74, 6) is -0.204. The molecule has 2 aromatic rings. The molecule has 1 atom stereocenters. The van der Waals surface area contributed by atoms with E-state index in [2.05, 4.69) is 33.5 Å². The van der Waals surface area contributed by atoms with Gasteiger partial charge in [-0.15, -0.1) is 0 Å². The van der Waals surface area contributed by atoms with Gasteiger partial charge in [0.2, 0.25) is 0 Å². The molecule has 0 saturated carbocycles. The van der Waals surface area contributed by atoms with Crippen molar-refractivity contribution >= 4 is 27.7 Å². The Morgan fingerprint density at radius 3 is 2.36 bits per heavy atom. The van der Waals surface area contributed by atoms with Gasteiger partial charge in [-0.2, -0.15) is 0 Å². The molecule has 0 saturated heterocycles. The first-order valence-electron chi connectivity index (χ1n) is 11.5. The number of unbranched alkanes of at least 4 members (excludes halogenated alkanes) is 1. The number of carbonyl (C=O) groups is 2. The fraction of sp³-hybridized carbons (Fsp3) is 0.481. The molecule has 0 aliphatic heterocycles. The summed E-state index contributed by atoms with van der Waals surface area (Å²) in [5, 5.41) is 5.82. The summed E-state index contributed by atoms with van der Waals surface area (Å²) in [5.41, 5.74) is 5.40. The predicted molar refractivity (Wildman–Crippen MR) is 139 cm³/mol. The van der Waals surface area contributed by atoms with Crippen LogP contribution in [0.5, 0.6) is 0 Å². The second-order valence-electron chi connectivity index (χ2n) is 9.10. The van der Waals surface area contributed by atoms with Gasteiger partial charge in [0.25, 0.3) is 11.8 Å². The molecule has 0 aromatic heterocycles. The molecule has 0 aliphatic carbocycles. The number of nitrogens with one attached hydrogen (secondary N) is 2. The van der Waals surface area contributed by atoms with E-state index in [1.807, 2.05) is 58.9 Å². The maximum Gasteiger partial charge on any atom is 0.251 e. The van der Waals surface area contributed by atoms with E-state index in [9.17, 15) is 9.59 Å². The van der Waals surface area contributed by atoms with E-state index in [0.717, 1.165) is 51.6 Å². The maximum atomic E-state index is 13.0. The topological polar surface area (TPSA) is 67.4 Å². The summed E-state index contributed by atoms with van der Waals surface area (Å²) in [6, 6.07) is 7.74. The zero-order chi connectivity index (χ0) is 24.9. The Bertz CT molecular complexity index is 1030. The number of hydrogen-bond donors (Lipinski definition) is 2. The Morgan fingerprint density at radius 1 is 1.12 bits per heavy atom. The van der Waals surface area contributed by atoms with Gasteiger partial charge in [0.15, 0.2) is 0 Å². The fourth-order valence-corrected chi connectivity index (χ4v) is 4.72. The minimum absolute atomic E-state index is 0.0831. The minimum Gasteiger partial charge on any atom is -0.374 e. The van der Waals surface area contributed by atoms with Crippen LogP contribution in [-0.2, 0) is 10.3 Å². The third kappa shape index (κ3) is 6.04. The van der Waals surface area contributed by atoms with Crippen molar-refractivity contribution < 1.29 is 14.3 Å². The average molecular weight is 518 g/mol. The van der Waals surface area contributed by atoms with E-state index >= 15 is 0 Å². The molecule has 33 heavy (non-hydrogen) atoms. The highest BCUT2D eigenvalue weighted by Crippen LogP contribution is 2.41. The Morgan fingerprint density at radius 2 is 1.79 bits per heavy atom. The quantitative estimate of drug-likeness (QED) is 0.411. The predicted octanol–water partition coefficient (Wildman–Crippen LogP) is 6.28. The molecule has 0 aliphatic rings. The zero-order valence-corrected chi connectivity index (χ0v) is 22.7. The number of hydrogen-bond acceptors (Lipinski definition) is 3. The van der Waals surface area contributed by atoms with Crippen molar-refractivity contribution in [3.8, 4) is 11.1 Å². The van der Waals surface area contributed by atoms with Gasteiger partial charge >= 0.3 is 0 Å². The van der Waals surface area contributed by atoms with Crippen LogP contribution in [0.3, 0.4) is 0 Å². The van der Waals surface area contributed by atoms with Gasteiger partial charge in [-0.05, 0) is 87.1 Å². The Kier molecular flexibility index (Phi) is 9.27. The van der Waals surface area contributed by atoms with Crippen LogP contribution in [0.2, 0.25) is 0 Å². The van der Waals surface area contributed by atoms with Crippen LogP contribution in [0, 0.1) is 13.8 Å². The van der Waals surface area contributed by atoms with Crippen LogP contribution >= 0.6 is 15.9 Å². The monoisotopic (exact) mass is 516 g/mol. The summed E-state index contributed by atoms with van der Waals surface area (Å²) in [7, 11) is 3.30. The number of amides is 2. The lowest BCUT2D eigenvalue weighted by molar-refractivity contribution is 0.0196. The van der Waals surface area contributed by atoms with Crippen molar-refractivity contribution in [3.05, 3.63) is 56.6 Å². The largest absolute Gasteiger partial charge is 0.374 e. The standard InChI is InChI=1S/C27H37BrN2O3/c1-9-10-11-16(2)30-25(31)19-12-13-20(22(14-19)27(5,6)33-8)24-18(4)17(3)21(15-23(24)28)26(32)29-7/h12-16H,9-11H2,1-8H3,(H,29,32)(H,30,31). The van der Waals surface area contributed by atoms with Crippen LogP contribution in [-0.4, -0.2) is 32.0 Å². The molecule has 2 rings (SSSR count). The Labute approximate surface area is 206 Å². The lowest BCUT2D eigenvalue weighted by atomic mass is 9.84. The molecular weight excluding hydrogens is 480 g/mol. The molecular formula is C27H37BrN2O3. The van der Waals surface area contributed by atoms with Crippen LogP contribution in [0.15, 0.2) is 28.7 Å². The molecule has 5 nitrogen and oxygen atoms in total. The summed E-state index contributed by atoms with van der Waals surface area (Å²) in [6.07, 6.45) is 3.15. The SMILES string of the molecule is CCCCC(C)NC(=O)c1ccc(-c2c(Br)cc(C(=O)NC)c(C)c2C)c(C(C)(C)OC)c1. The van der Waals surface area contributed by atoms with Gasteiger partial charge < -0.3 is 15.4 Å². The normalized spacial score (nSPS) is 12.4. The van der Waals surface area contributed by atoms with Gasteiger partial charge in [0.05, 0.1) is 5.60 Å². The van der Waals surface area contributed by atoms with E-state index in [1.54, 1.807) is 14.2 Å². The first kappa shape index (κ1) is 27.1. The molecule has 0 bridgehead atoms. The number of ether oxygens (including phenoxy) is 1. The second kappa shape index (κ2) is 11.3. The van der Waals surface area contributed by atoms with Crippen molar-refractivity contribution in [1.82, 2.24) is 10.6 Å². The highest BCUT2D eigenvalue weighted by molar-refractivity contribution is 9.10. The summed E-state index contributed by atoms with van der Waals surface area (Å²) in [6.45, 7) is 12.1. The van der Waals surface area contributed by atoms with Gasteiger partial charge in [0.1, 0.15) is 0 Å². The van der Waals surface area contributed by atoms with Crippen molar-refractivity contribution in [2.24, 2.45) is 0 Å². The first-order valence-corrected chi connectivity index (χ1v) is 12.3. The molecule has 0 fully saturated rings. The third-order valence-corrected chi connectivity index (χ3v) is 7.03. The minimum atomic E-state index is -0.626. The zero-order valence-electron chi connectivity index (χ0n) is 21.1. The molecule has 180 valence electrons. The number of rotatable bonds is 9. The molecule has 0 heterocycles. The molecule has 0 spiro atoms. The Hall–Kier alpha value is -2.18. The summed E-state index contributed by atoms with van der Waals surface area (Å²) in [4.78, 5) is 25.3. The van der Waals surface area contributed by atoms with Crippen LogP contribution in [0.25, 0.3) is 11.1 Å². The van der Waals surface area contributed by atoms with E-state index in [-0.39, 0.29) is 17.9 Å². The summed E-state index contributed by atoms with van der Waals surface area (Å²) >= 11 is 3.69. The van der Waals surface area contributed by atoms with Gasteiger partial charge in [0, 0.05) is 35.8 Å². The van der Waals surface area contributed by atoms with Gasteiger partial charge in [-0.1, -0.05) is 41.8 Å². The second-order valence-corrected chi connectivity index (χ2v) is 9.96. The number of benzene rings is 2. The van der Waals surface area contributed by atoms with Crippen molar-refractivity contribution in [3.63, 3.8) is 0 Å². The first-order chi connectivity index (χ1) is 15.5. The van der Waals surface area contributed by atoms with E-state index in [1.165, 1.54) is 0 Å². The van der Waals surface area contributed by atoms with Crippen molar-refractivity contribution in [1.29, 1.82) is 0 Å². The molecule has 0 radical (unpaired) electrons. The average Bonchev–Trinajstić information content (AvgIpc) is 2.79. The number of halogens is 1. The van der Waals surface area contributed by atoms with Crippen molar-refractivity contribution in [2.75, 3.05) is 14.2 Å². The van der Waals surface area contributed by atoms with Crippen LogP contribution < -0.4 is 10.6 Å². The number of carbonyl (C=O) groups excluding carboxylic acids is 2.